The first-order chi connectivity index (χ1) is 11.2. The van der Waals surface area contributed by atoms with Crippen LogP contribution >= 0.6 is 0 Å². The first-order valence-electron chi connectivity index (χ1n) is 7.47. The van der Waals surface area contributed by atoms with E-state index in [0.29, 0.717) is 23.4 Å². The minimum atomic E-state index is -0.535. The standard InChI is InChI=1S/C16H16N6O/c17-14(23)11-8-19-16(22-15(11)20-9-4-5-9)21-13-3-1-2-12-10(13)6-7-18-12/h1-3,6-9,18H,4-5H2,(H2,17,23)(H2,19,20,21,22). The van der Waals surface area contributed by atoms with Gasteiger partial charge in [0, 0.05) is 29.3 Å². The lowest BCUT2D eigenvalue weighted by Crippen LogP contribution is -2.17. The first kappa shape index (κ1) is 13.6. The molecule has 0 bridgehead atoms. The molecule has 2 heterocycles. The van der Waals surface area contributed by atoms with Gasteiger partial charge < -0.3 is 21.4 Å². The average Bonchev–Trinajstić information content (AvgIpc) is 3.21. The Morgan fingerprint density at radius 3 is 2.96 bits per heavy atom. The van der Waals surface area contributed by atoms with Crippen molar-refractivity contribution in [2.75, 3.05) is 10.6 Å². The summed E-state index contributed by atoms with van der Waals surface area (Å²) in [5.74, 6) is 0.373. The fraction of sp³-hybridized carbons (Fsp3) is 0.188. The van der Waals surface area contributed by atoms with Crippen molar-refractivity contribution in [2.45, 2.75) is 18.9 Å². The maximum Gasteiger partial charge on any atom is 0.254 e. The van der Waals surface area contributed by atoms with Crippen LogP contribution in [0.1, 0.15) is 23.2 Å². The van der Waals surface area contributed by atoms with Crippen LogP contribution in [0.2, 0.25) is 0 Å². The third kappa shape index (κ3) is 2.68. The summed E-state index contributed by atoms with van der Waals surface area (Å²) in [5.41, 5.74) is 7.62. The van der Waals surface area contributed by atoms with Gasteiger partial charge in [0.1, 0.15) is 5.82 Å². The van der Waals surface area contributed by atoms with Gasteiger partial charge in [-0.25, -0.2) is 4.98 Å². The molecule has 5 N–H and O–H groups in total. The lowest BCUT2D eigenvalue weighted by atomic mass is 10.2. The normalized spacial score (nSPS) is 13.9. The molecule has 7 heteroatoms. The van der Waals surface area contributed by atoms with Gasteiger partial charge in [0.25, 0.3) is 5.91 Å². The number of amides is 1. The van der Waals surface area contributed by atoms with Crippen molar-refractivity contribution in [3.63, 3.8) is 0 Å². The Morgan fingerprint density at radius 1 is 1.30 bits per heavy atom. The molecule has 1 amide bonds. The number of aromatic amines is 1. The van der Waals surface area contributed by atoms with Crippen molar-refractivity contribution < 1.29 is 4.79 Å². The molecule has 23 heavy (non-hydrogen) atoms. The highest BCUT2D eigenvalue weighted by molar-refractivity contribution is 5.98. The molecule has 1 aliphatic rings. The third-order valence-corrected chi connectivity index (χ3v) is 3.81. The predicted octanol–water partition coefficient (Wildman–Crippen LogP) is 2.37. The third-order valence-electron chi connectivity index (χ3n) is 3.81. The van der Waals surface area contributed by atoms with Gasteiger partial charge in [0.15, 0.2) is 0 Å². The Labute approximate surface area is 132 Å². The lowest BCUT2D eigenvalue weighted by molar-refractivity contribution is 0.100. The van der Waals surface area contributed by atoms with E-state index in [1.807, 2.05) is 30.5 Å². The highest BCUT2D eigenvalue weighted by Gasteiger charge is 2.24. The lowest BCUT2D eigenvalue weighted by Gasteiger charge is -2.11. The van der Waals surface area contributed by atoms with Crippen LogP contribution in [0.4, 0.5) is 17.5 Å². The molecule has 2 aromatic heterocycles. The Morgan fingerprint density at radius 2 is 2.17 bits per heavy atom. The molecule has 1 saturated carbocycles. The van der Waals surface area contributed by atoms with Gasteiger partial charge in [-0.1, -0.05) is 6.07 Å². The van der Waals surface area contributed by atoms with E-state index < -0.39 is 5.91 Å². The van der Waals surface area contributed by atoms with Crippen molar-refractivity contribution >= 4 is 34.3 Å². The van der Waals surface area contributed by atoms with Crippen LogP contribution < -0.4 is 16.4 Å². The maximum atomic E-state index is 11.5. The number of aromatic nitrogens is 3. The van der Waals surface area contributed by atoms with E-state index in [4.69, 9.17) is 5.73 Å². The number of benzene rings is 1. The maximum absolute atomic E-state index is 11.5. The van der Waals surface area contributed by atoms with E-state index in [0.717, 1.165) is 29.4 Å². The van der Waals surface area contributed by atoms with E-state index in [1.54, 1.807) is 0 Å². The smallest absolute Gasteiger partial charge is 0.254 e. The highest BCUT2D eigenvalue weighted by atomic mass is 16.1. The molecule has 0 unspecified atom stereocenters. The van der Waals surface area contributed by atoms with Gasteiger partial charge in [-0.05, 0) is 31.0 Å². The van der Waals surface area contributed by atoms with E-state index in [2.05, 4.69) is 25.6 Å². The second kappa shape index (κ2) is 5.28. The van der Waals surface area contributed by atoms with Crippen molar-refractivity contribution in [3.8, 4) is 0 Å². The van der Waals surface area contributed by atoms with Crippen molar-refractivity contribution in [1.29, 1.82) is 0 Å². The van der Waals surface area contributed by atoms with Crippen LogP contribution in [-0.4, -0.2) is 26.9 Å². The zero-order valence-corrected chi connectivity index (χ0v) is 12.3. The molecule has 0 atom stereocenters. The van der Waals surface area contributed by atoms with Gasteiger partial charge in [0.2, 0.25) is 5.95 Å². The summed E-state index contributed by atoms with van der Waals surface area (Å²) in [6.45, 7) is 0. The number of nitrogens with two attached hydrogens (primary N) is 1. The van der Waals surface area contributed by atoms with Crippen LogP contribution in [-0.2, 0) is 0 Å². The largest absolute Gasteiger partial charge is 0.367 e. The van der Waals surface area contributed by atoms with E-state index in [9.17, 15) is 4.79 Å². The van der Waals surface area contributed by atoms with Gasteiger partial charge in [-0.2, -0.15) is 4.98 Å². The summed E-state index contributed by atoms with van der Waals surface area (Å²) in [6.07, 6.45) is 5.49. The number of fused-ring (bicyclic) bond motifs is 1. The van der Waals surface area contributed by atoms with Crippen LogP contribution in [0.25, 0.3) is 10.9 Å². The van der Waals surface area contributed by atoms with Crippen LogP contribution in [0.15, 0.2) is 36.7 Å². The molecule has 0 saturated heterocycles. The quantitative estimate of drug-likeness (QED) is 0.578. The summed E-state index contributed by atoms with van der Waals surface area (Å²) < 4.78 is 0. The zero-order chi connectivity index (χ0) is 15.8. The Bertz CT molecular complexity index is 883. The van der Waals surface area contributed by atoms with Gasteiger partial charge in [0.05, 0.1) is 11.3 Å². The minimum Gasteiger partial charge on any atom is -0.367 e. The van der Waals surface area contributed by atoms with Crippen LogP contribution in [0.5, 0.6) is 0 Å². The number of nitrogens with zero attached hydrogens (tertiary/aromatic N) is 2. The number of rotatable bonds is 5. The number of H-pyrrole nitrogens is 1. The molecular formula is C16H16N6O. The number of carbonyl (C=O) groups excluding carboxylic acids is 1. The Hall–Kier alpha value is -3.09. The van der Waals surface area contributed by atoms with Crippen LogP contribution in [0, 0.1) is 0 Å². The van der Waals surface area contributed by atoms with Gasteiger partial charge >= 0.3 is 0 Å². The number of anilines is 3. The van der Waals surface area contributed by atoms with Crippen molar-refractivity contribution in [1.82, 2.24) is 15.0 Å². The van der Waals surface area contributed by atoms with Crippen molar-refractivity contribution in [3.05, 3.63) is 42.2 Å². The predicted molar refractivity (Wildman–Crippen MR) is 88.8 cm³/mol. The van der Waals surface area contributed by atoms with Gasteiger partial charge in [-0.3, -0.25) is 4.79 Å². The van der Waals surface area contributed by atoms with E-state index in [1.165, 1.54) is 6.20 Å². The second-order valence-electron chi connectivity index (χ2n) is 5.61. The first-order valence-corrected chi connectivity index (χ1v) is 7.47. The number of carbonyl (C=O) groups is 1. The monoisotopic (exact) mass is 308 g/mol. The molecule has 3 aromatic rings. The Kier molecular flexibility index (Phi) is 3.11. The zero-order valence-electron chi connectivity index (χ0n) is 12.3. The fourth-order valence-electron chi connectivity index (χ4n) is 2.47. The summed E-state index contributed by atoms with van der Waals surface area (Å²) in [6, 6.07) is 8.25. The molecule has 116 valence electrons. The fourth-order valence-corrected chi connectivity index (χ4v) is 2.47. The molecular weight excluding hydrogens is 292 g/mol. The van der Waals surface area contributed by atoms with E-state index in [-0.39, 0.29) is 0 Å². The summed E-state index contributed by atoms with van der Waals surface area (Å²) in [4.78, 5) is 23.3. The highest BCUT2D eigenvalue weighted by Crippen LogP contribution is 2.28. The summed E-state index contributed by atoms with van der Waals surface area (Å²) >= 11 is 0. The molecule has 4 rings (SSSR count). The SMILES string of the molecule is NC(=O)c1cnc(Nc2cccc3[nH]ccc23)nc1NC1CC1. The number of hydrogen-bond acceptors (Lipinski definition) is 5. The molecule has 1 fully saturated rings. The number of nitrogens with one attached hydrogen (secondary N) is 3. The number of primary amides is 1. The van der Waals surface area contributed by atoms with Crippen molar-refractivity contribution in [2.24, 2.45) is 5.73 Å². The molecule has 0 aliphatic heterocycles. The summed E-state index contributed by atoms with van der Waals surface area (Å²) in [5, 5.41) is 7.47. The van der Waals surface area contributed by atoms with Gasteiger partial charge in [-0.15, -0.1) is 0 Å². The molecule has 0 radical (unpaired) electrons. The number of hydrogen-bond donors (Lipinski definition) is 4. The summed E-state index contributed by atoms with van der Waals surface area (Å²) in [7, 11) is 0. The Balaban J connectivity index is 1.68. The molecule has 7 nitrogen and oxygen atoms in total. The molecule has 0 spiro atoms. The van der Waals surface area contributed by atoms with Crippen LogP contribution in [0.3, 0.4) is 0 Å². The van der Waals surface area contributed by atoms with E-state index >= 15 is 0 Å². The molecule has 1 aromatic carbocycles. The topological polar surface area (TPSA) is 109 Å². The molecule has 1 aliphatic carbocycles. The minimum absolute atomic E-state index is 0.308. The second-order valence-corrected chi connectivity index (χ2v) is 5.61. The average molecular weight is 308 g/mol.